The molecule has 1 aromatic heterocycles. The lowest BCUT2D eigenvalue weighted by molar-refractivity contribution is 0.0944. The summed E-state index contributed by atoms with van der Waals surface area (Å²) < 4.78 is 0. The number of rotatable bonds is 5. The highest BCUT2D eigenvalue weighted by Gasteiger charge is 2.22. The maximum atomic E-state index is 12.8. The highest BCUT2D eigenvalue weighted by Crippen LogP contribution is 2.27. The first kappa shape index (κ1) is 16.4. The van der Waals surface area contributed by atoms with E-state index in [1.54, 1.807) is 6.20 Å². The van der Waals surface area contributed by atoms with Crippen LogP contribution in [-0.4, -0.2) is 23.0 Å². The van der Waals surface area contributed by atoms with Gasteiger partial charge in [0, 0.05) is 23.7 Å². The molecule has 0 spiro atoms. The first-order valence-corrected chi connectivity index (χ1v) is 8.41. The van der Waals surface area contributed by atoms with Crippen LogP contribution < -0.4 is 11.1 Å². The Morgan fingerprint density at radius 3 is 2.58 bits per heavy atom. The molecule has 0 fully saturated rings. The summed E-state index contributed by atoms with van der Waals surface area (Å²) >= 11 is 0. The summed E-state index contributed by atoms with van der Waals surface area (Å²) in [4.78, 5) is 17.2. The first-order valence-electron chi connectivity index (χ1n) is 8.41. The Bertz CT molecular complexity index is 884. The monoisotopic (exact) mass is 321 g/mol. The number of carbonyl (C=O) groups excluding carboxylic acids is 1. The fraction of sp³-hybridized carbons (Fsp3) is 0.300. The third-order valence-electron chi connectivity index (χ3n) is 4.87. The maximum absolute atomic E-state index is 12.8. The van der Waals surface area contributed by atoms with E-state index in [9.17, 15) is 4.79 Å². The molecular formula is C20H23N3O. The summed E-state index contributed by atoms with van der Waals surface area (Å²) in [5, 5.41) is 6.13. The smallest absolute Gasteiger partial charge is 0.253 e. The number of amides is 1. The zero-order chi connectivity index (χ0) is 17.2. The van der Waals surface area contributed by atoms with Gasteiger partial charge in [0.25, 0.3) is 5.91 Å². The number of nitrogens with two attached hydrogens (primary N) is 1. The predicted octanol–water partition coefficient (Wildman–Crippen LogP) is 3.64. The minimum absolute atomic E-state index is 0.124. The minimum Gasteiger partial charge on any atom is -0.350 e. The van der Waals surface area contributed by atoms with E-state index in [0.29, 0.717) is 12.1 Å². The fourth-order valence-corrected chi connectivity index (χ4v) is 2.95. The third-order valence-corrected chi connectivity index (χ3v) is 4.87. The van der Waals surface area contributed by atoms with Gasteiger partial charge in [0.15, 0.2) is 0 Å². The normalized spacial score (nSPS) is 11.8. The number of pyridine rings is 1. The molecule has 124 valence electrons. The van der Waals surface area contributed by atoms with Crippen LogP contribution in [0.4, 0.5) is 0 Å². The van der Waals surface area contributed by atoms with E-state index in [4.69, 9.17) is 5.73 Å². The van der Waals surface area contributed by atoms with Crippen molar-refractivity contribution in [2.24, 2.45) is 5.73 Å². The quantitative estimate of drug-likeness (QED) is 0.705. The van der Waals surface area contributed by atoms with E-state index in [-0.39, 0.29) is 11.4 Å². The number of nitrogens with one attached hydrogen (secondary N) is 1. The molecule has 0 radical (unpaired) electrons. The Hall–Kier alpha value is -2.46. The minimum atomic E-state index is -0.365. The van der Waals surface area contributed by atoms with Crippen molar-refractivity contribution in [3.05, 3.63) is 54.2 Å². The van der Waals surface area contributed by atoms with Crippen molar-refractivity contribution in [3.63, 3.8) is 0 Å². The molecule has 0 aliphatic rings. The average Bonchev–Trinajstić information content (AvgIpc) is 2.65. The number of aromatic nitrogens is 1. The molecule has 1 heterocycles. The van der Waals surface area contributed by atoms with E-state index in [1.165, 1.54) is 0 Å². The summed E-state index contributed by atoms with van der Waals surface area (Å²) in [7, 11) is 0. The molecular weight excluding hydrogens is 298 g/mol. The topological polar surface area (TPSA) is 68.0 Å². The molecule has 0 aliphatic carbocycles. The summed E-state index contributed by atoms with van der Waals surface area (Å²) in [6.07, 6.45) is 3.36. The standard InChI is InChI=1S/C20H23N3O/c1-3-20(21,4-2)13-23-19(24)17-12-14-8-5-6-9-15(14)16-10-7-11-22-18(16)17/h5-12H,3-4,13,21H2,1-2H3,(H,23,24). The largest absolute Gasteiger partial charge is 0.350 e. The van der Waals surface area contributed by atoms with Crippen molar-refractivity contribution in [2.45, 2.75) is 32.2 Å². The van der Waals surface area contributed by atoms with Crippen LogP contribution in [0.2, 0.25) is 0 Å². The Morgan fingerprint density at radius 2 is 1.83 bits per heavy atom. The summed E-state index contributed by atoms with van der Waals surface area (Å²) in [5.41, 5.74) is 7.25. The molecule has 0 unspecified atom stereocenters. The second-order valence-electron chi connectivity index (χ2n) is 6.30. The van der Waals surface area contributed by atoms with Crippen LogP contribution in [0.1, 0.15) is 37.0 Å². The van der Waals surface area contributed by atoms with Crippen molar-refractivity contribution < 1.29 is 4.79 Å². The predicted molar refractivity (Wildman–Crippen MR) is 99.1 cm³/mol. The van der Waals surface area contributed by atoms with Crippen LogP contribution in [0.3, 0.4) is 0 Å². The summed E-state index contributed by atoms with van der Waals surface area (Å²) in [6, 6.07) is 13.9. The molecule has 1 amide bonds. The molecule has 4 heteroatoms. The number of nitrogens with zero attached hydrogens (tertiary/aromatic N) is 1. The lowest BCUT2D eigenvalue weighted by atomic mass is 9.94. The SMILES string of the molecule is CCC(N)(CC)CNC(=O)c1cc2ccccc2c2cccnc12. The number of hydrogen-bond donors (Lipinski definition) is 2. The Balaban J connectivity index is 2.03. The van der Waals surface area contributed by atoms with E-state index >= 15 is 0 Å². The van der Waals surface area contributed by atoms with E-state index < -0.39 is 0 Å². The van der Waals surface area contributed by atoms with Crippen LogP contribution >= 0.6 is 0 Å². The number of carbonyl (C=O) groups is 1. The molecule has 0 saturated heterocycles. The van der Waals surface area contributed by atoms with Crippen LogP contribution in [0, 0.1) is 0 Å². The summed E-state index contributed by atoms with van der Waals surface area (Å²) in [6.45, 7) is 4.55. The first-order chi connectivity index (χ1) is 11.6. The molecule has 4 nitrogen and oxygen atoms in total. The van der Waals surface area contributed by atoms with Gasteiger partial charge in [-0.1, -0.05) is 44.2 Å². The number of benzene rings is 2. The van der Waals surface area contributed by atoms with E-state index in [0.717, 1.165) is 34.5 Å². The van der Waals surface area contributed by atoms with Crippen molar-refractivity contribution >= 4 is 27.6 Å². The Morgan fingerprint density at radius 1 is 1.12 bits per heavy atom. The lowest BCUT2D eigenvalue weighted by Crippen LogP contribution is -2.49. The van der Waals surface area contributed by atoms with Gasteiger partial charge in [0.05, 0.1) is 11.1 Å². The van der Waals surface area contributed by atoms with Crippen molar-refractivity contribution in [1.82, 2.24) is 10.3 Å². The van der Waals surface area contributed by atoms with Crippen molar-refractivity contribution in [1.29, 1.82) is 0 Å². The second-order valence-corrected chi connectivity index (χ2v) is 6.30. The van der Waals surface area contributed by atoms with E-state index in [2.05, 4.69) is 16.4 Å². The van der Waals surface area contributed by atoms with Gasteiger partial charge in [-0.2, -0.15) is 0 Å². The highest BCUT2D eigenvalue weighted by molar-refractivity contribution is 6.15. The van der Waals surface area contributed by atoms with Gasteiger partial charge in [0.2, 0.25) is 0 Å². The van der Waals surface area contributed by atoms with Crippen LogP contribution in [0.5, 0.6) is 0 Å². The van der Waals surface area contributed by atoms with Gasteiger partial charge in [-0.15, -0.1) is 0 Å². The fourth-order valence-electron chi connectivity index (χ4n) is 2.95. The van der Waals surface area contributed by atoms with Crippen LogP contribution in [0.25, 0.3) is 21.7 Å². The van der Waals surface area contributed by atoms with Gasteiger partial charge < -0.3 is 11.1 Å². The molecule has 3 N–H and O–H groups in total. The molecule has 2 aromatic carbocycles. The molecule has 24 heavy (non-hydrogen) atoms. The molecule has 0 atom stereocenters. The lowest BCUT2D eigenvalue weighted by Gasteiger charge is -2.26. The Labute approximate surface area is 142 Å². The van der Waals surface area contributed by atoms with E-state index in [1.807, 2.05) is 50.2 Å². The molecule has 0 bridgehead atoms. The van der Waals surface area contributed by atoms with Gasteiger partial charge >= 0.3 is 0 Å². The van der Waals surface area contributed by atoms with Crippen LogP contribution in [-0.2, 0) is 0 Å². The van der Waals surface area contributed by atoms with Gasteiger partial charge in [-0.25, -0.2) is 0 Å². The Kier molecular flexibility index (Phi) is 4.49. The molecule has 3 aromatic rings. The second kappa shape index (κ2) is 6.57. The van der Waals surface area contributed by atoms with Gasteiger partial charge in [0.1, 0.15) is 0 Å². The van der Waals surface area contributed by atoms with Gasteiger partial charge in [-0.3, -0.25) is 9.78 Å². The zero-order valence-electron chi connectivity index (χ0n) is 14.2. The van der Waals surface area contributed by atoms with Crippen molar-refractivity contribution in [2.75, 3.05) is 6.54 Å². The number of fused-ring (bicyclic) bond motifs is 3. The molecule has 0 aliphatic heterocycles. The number of hydrogen-bond acceptors (Lipinski definition) is 3. The van der Waals surface area contributed by atoms with Gasteiger partial charge in [-0.05, 0) is 35.7 Å². The third kappa shape index (κ3) is 2.97. The molecule has 3 rings (SSSR count). The summed E-state index contributed by atoms with van der Waals surface area (Å²) in [5.74, 6) is -0.124. The van der Waals surface area contributed by atoms with Crippen molar-refractivity contribution in [3.8, 4) is 0 Å². The molecule has 0 saturated carbocycles. The highest BCUT2D eigenvalue weighted by atomic mass is 16.1. The average molecular weight is 321 g/mol. The zero-order valence-corrected chi connectivity index (χ0v) is 14.2. The maximum Gasteiger partial charge on any atom is 0.253 e. The van der Waals surface area contributed by atoms with Crippen LogP contribution in [0.15, 0.2) is 48.7 Å².